The fourth-order valence-corrected chi connectivity index (χ4v) is 0.0913. The molecule has 0 aliphatic carbocycles. The zero-order valence-corrected chi connectivity index (χ0v) is 4.49. The molecule has 0 heterocycles. The first-order chi connectivity index (χ1) is 2.41. The molecular weight excluding hydrogens is 103 g/mol. The summed E-state index contributed by atoms with van der Waals surface area (Å²) in [6, 6.07) is 0. The zero-order valence-electron chi connectivity index (χ0n) is 3.68. The Morgan fingerprint density at radius 2 is 2.17 bits per heavy atom. The van der Waals surface area contributed by atoms with Gasteiger partial charge in [0.05, 0.1) is 13.2 Å². The van der Waals surface area contributed by atoms with Gasteiger partial charge in [-0.2, -0.15) is 0 Å². The van der Waals surface area contributed by atoms with Gasteiger partial charge in [0.25, 0.3) is 0 Å². The summed E-state index contributed by atoms with van der Waals surface area (Å²) >= 11 is 0. The van der Waals surface area contributed by atoms with Gasteiger partial charge in [-0.05, 0) is 0 Å². The van der Waals surface area contributed by atoms with E-state index in [9.17, 15) is 0 Å². The summed E-state index contributed by atoms with van der Waals surface area (Å²) in [6.45, 7) is 0.566. The molecule has 0 fully saturated rings. The number of hydrogen-bond acceptors (Lipinski definition) is 2. The normalized spacial score (nSPS) is 7.00. The second-order valence-corrected chi connectivity index (χ2v) is 0.716. The number of halogens is 1. The van der Waals surface area contributed by atoms with Crippen LogP contribution >= 0.6 is 12.4 Å². The molecule has 0 unspecified atom stereocenters. The fourth-order valence-electron chi connectivity index (χ4n) is 0.0913. The smallest absolute Gasteiger partial charge is 0.0693 e. The van der Waals surface area contributed by atoms with E-state index in [0.29, 0.717) is 6.61 Å². The van der Waals surface area contributed by atoms with Crippen LogP contribution in [-0.2, 0) is 4.74 Å². The highest BCUT2D eigenvalue weighted by Crippen LogP contribution is 1.56. The Morgan fingerprint density at radius 3 is 2.17 bits per heavy atom. The highest BCUT2D eigenvalue weighted by molar-refractivity contribution is 5.85. The van der Waals surface area contributed by atoms with Gasteiger partial charge >= 0.3 is 0 Å². The monoisotopic (exact) mass is 112 g/mol. The average Bonchev–Trinajstić information content (AvgIpc) is 1.41. The number of aliphatic hydroxyl groups excluding tert-OH is 1. The third kappa shape index (κ3) is 8.88. The van der Waals surface area contributed by atoms with Gasteiger partial charge in [0, 0.05) is 7.11 Å². The summed E-state index contributed by atoms with van der Waals surface area (Å²) in [7, 11) is 1.55. The molecule has 3 heteroatoms. The molecule has 0 aromatic rings. The van der Waals surface area contributed by atoms with Crippen molar-refractivity contribution in [3.8, 4) is 0 Å². The maximum Gasteiger partial charge on any atom is 0.0693 e. The Kier molecular flexibility index (Phi) is 14.2. The van der Waals surface area contributed by atoms with Crippen LogP contribution < -0.4 is 0 Å². The van der Waals surface area contributed by atoms with Gasteiger partial charge in [-0.1, -0.05) is 0 Å². The summed E-state index contributed by atoms with van der Waals surface area (Å²) in [4.78, 5) is 0. The van der Waals surface area contributed by atoms with E-state index < -0.39 is 0 Å². The maximum atomic E-state index is 7.94. The van der Waals surface area contributed by atoms with Crippen LogP contribution in [0.3, 0.4) is 0 Å². The number of ether oxygens (including phenoxy) is 1. The Morgan fingerprint density at radius 1 is 1.67 bits per heavy atom. The number of methoxy groups -OCH3 is 1. The van der Waals surface area contributed by atoms with Crippen molar-refractivity contribution in [3.05, 3.63) is 0 Å². The van der Waals surface area contributed by atoms with Crippen LogP contribution in [0.5, 0.6) is 0 Å². The van der Waals surface area contributed by atoms with Crippen molar-refractivity contribution in [3.63, 3.8) is 0 Å². The quantitative estimate of drug-likeness (QED) is 0.547. The molecule has 2 nitrogen and oxygen atoms in total. The maximum absolute atomic E-state index is 7.94. The molecule has 0 aliphatic rings. The number of hydrogen-bond donors (Lipinski definition) is 1. The van der Waals surface area contributed by atoms with Gasteiger partial charge in [-0.15, -0.1) is 12.4 Å². The topological polar surface area (TPSA) is 29.5 Å². The summed E-state index contributed by atoms with van der Waals surface area (Å²) in [6.07, 6.45) is 0. The third-order valence-electron chi connectivity index (χ3n) is 0.295. The van der Waals surface area contributed by atoms with Crippen LogP contribution in [0.2, 0.25) is 0 Å². The summed E-state index contributed by atoms with van der Waals surface area (Å²) in [5.74, 6) is 0. The van der Waals surface area contributed by atoms with Gasteiger partial charge < -0.3 is 9.84 Å². The molecule has 1 N–H and O–H groups in total. The fraction of sp³-hybridized carbons (Fsp3) is 1.00. The lowest BCUT2D eigenvalue weighted by Gasteiger charge is -1.84. The molecule has 0 atom stereocenters. The van der Waals surface area contributed by atoms with Crippen LogP contribution in [0.15, 0.2) is 0 Å². The first-order valence-corrected chi connectivity index (χ1v) is 1.51. The van der Waals surface area contributed by atoms with E-state index in [1.165, 1.54) is 0 Å². The second kappa shape index (κ2) is 8.96. The van der Waals surface area contributed by atoms with Crippen LogP contribution in [0.1, 0.15) is 0 Å². The van der Waals surface area contributed by atoms with Crippen molar-refractivity contribution in [2.75, 3.05) is 20.3 Å². The van der Waals surface area contributed by atoms with E-state index in [1.54, 1.807) is 7.11 Å². The van der Waals surface area contributed by atoms with Gasteiger partial charge in [-0.3, -0.25) is 0 Å². The SMILES string of the molecule is COCCO.Cl. The van der Waals surface area contributed by atoms with Gasteiger partial charge in [0.15, 0.2) is 0 Å². The lowest BCUT2D eigenvalue weighted by Crippen LogP contribution is -1.91. The van der Waals surface area contributed by atoms with Crippen LogP contribution in [0.25, 0.3) is 0 Å². The second-order valence-electron chi connectivity index (χ2n) is 0.716. The summed E-state index contributed by atoms with van der Waals surface area (Å²) in [5, 5.41) is 7.94. The molecule has 0 saturated heterocycles. The molecule has 0 aliphatic heterocycles. The Bertz CT molecular complexity index is 16.3. The van der Waals surface area contributed by atoms with E-state index in [-0.39, 0.29) is 19.0 Å². The molecule has 0 amide bonds. The molecule has 0 radical (unpaired) electrons. The summed E-state index contributed by atoms with van der Waals surface area (Å²) < 4.78 is 4.44. The number of rotatable bonds is 2. The molecule has 0 bridgehead atoms. The van der Waals surface area contributed by atoms with Crippen molar-refractivity contribution in [2.45, 2.75) is 0 Å². The molecule has 0 rings (SSSR count). The van der Waals surface area contributed by atoms with E-state index in [1.807, 2.05) is 0 Å². The van der Waals surface area contributed by atoms with Crippen LogP contribution in [0, 0.1) is 0 Å². The minimum absolute atomic E-state index is 0. The largest absolute Gasteiger partial charge is 0.394 e. The molecule has 0 spiro atoms. The van der Waals surface area contributed by atoms with Crippen molar-refractivity contribution in [1.82, 2.24) is 0 Å². The Balaban J connectivity index is 0. The molecule has 0 aromatic carbocycles. The van der Waals surface area contributed by atoms with Gasteiger partial charge in [-0.25, -0.2) is 0 Å². The van der Waals surface area contributed by atoms with Gasteiger partial charge in [0.1, 0.15) is 0 Å². The Hall–Kier alpha value is 0.210. The lowest BCUT2D eigenvalue weighted by atomic mass is 10.8. The molecule has 0 aromatic heterocycles. The predicted octanol–water partition coefficient (Wildman–Crippen LogP) is 0.0469. The predicted molar refractivity (Wildman–Crippen MR) is 26.2 cm³/mol. The van der Waals surface area contributed by atoms with Crippen molar-refractivity contribution in [1.29, 1.82) is 0 Å². The minimum atomic E-state index is 0. The Labute approximate surface area is 43.5 Å². The molecule has 0 saturated carbocycles. The minimum Gasteiger partial charge on any atom is -0.394 e. The lowest BCUT2D eigenvalue weighted by molar-refractivity contribution is 0.135. The van der Waals surface area contributed by atoms with E-state index in [4.69, 9.17) is 5.11 Å². The van der Waals surface area contributed by atoms with Crippen molar-refractivity contribution < 1.29 is 9.84 Å². The number of aliphatic hydroxyl groups is 1. The highest BCUT2D eigenvalue weighted by atomic mass is 35.5. The summed E-state index contributed by atoms with van der Waals surface area (Å²) in [5.41, 5.74) is 0. The highest BCUT2D eigenvalue weighted by Gasteiger charge is 1.67. The van der Waals surface area contributed by atoms with Crippen molar-refractivity contribution in [2.24, 2.45) is 0 Å². The zero-order chi connectivity index (χ0) is 4.12. The molecule has 6 heavy (non-hydrogen) atoms. The van der Waals surface area contributed by atoms with Crippen molar-refractivity contribution >= 4 is 12.4 Å². The van der Waals surface area contributed by atoms with E-state index >= 15 is 0 Å². The molecular formula is C3H9ClO2. The average molecular weight is 113 g/mol. The van der Waals surface area contributed by atoms with E-state index in [0.717, 1.165) is 0 Å². The van der Waals surface area contributed by atoms with E-state index in [2.05, 4.69) is 4.74 Å². The standard InChI is InChI=1S/C3H8O2.ClH/c1-5-3-2-4;/h4H,2-3H2,1H3;1H. The first kappa shape index (κ1) is 9.51. The van der Waals surface area contributed by atoms with Gasteiger partial charge in [0.2, 0.25) is 0 Å². The van der Waals surface area contributed by atoms with Crippen LogP contribution in [0.4, 0.5) is 0 Å². The third-order valence-corrected chi connectivity index (χ3v) is 0.295. The first-order valence-electron chi connectivity index (χ1n) is 1.51. The molecule has 40 valence electrons. The van der Waals surface area contributed by atoms with Crippen LogP contribution in [-0.4, -0.2) is 25.4 Å².